The lowest BCUT2D eigenvalue weighted by Gasteiger charge is -2.00. The molecule has 0 unspecified atom stereocenters. The lowest BCUT2D eigenvalue weighted by atomic mass is 10.3. The van der Waals surface area contributed by atoms with Gasteiger partial charge in [0, 0.05) is 12.3 Å². The molecule has 0 bridgehead atoms. The number of hydrogen-bond acceptors (Lipinski definition) is 2. The molecule has 0 amide bonds. The number of nitrogens with zero attached hydrogens (tertiary/aromatic N) is 3. The van der Waals surface area contributed by atoms with Gasteiger partial charge in [0.1, 0.15) is 12.2 Å². The zero-order valence-corrected chi connectivity index (χ0v) is 15.2. The largest absolute Gasteiger partial charge is 1.00 e. The number of rotatable bonds is 3. The summed E-state index contributed by atoms with van der Waals surface area (Å²) < 4.78 is 4.66. The minimum Gasteiger partial charge on any atom is -1.00 e. The molecule has 4 rings (SSSR count). The number of benzene rings is 2. The summed E-state index contributed by atoms with van der Waals surface area (Å²) in [5, 5.41) is 3.26. The standard InChI is InChI=1S/C19H18N3S.ClH/c1-14-20-16(13-23-14)12-21-15(2)22(17-8-4-3-5-9-17)19-11-7-6-10-18(19)21;/h3-11,13H,12H2,1-2H3;1H/q+1;/p-1. The Morgan fingerprint density at radius 2 is 1.71 bits per heavy atom. The van der Waals surface area contributed by atoms with Crippen molar-refractivity contribution in [1.29, 1.82) is 0 Å². The summed E-state index contributed by atoms with van der Waals surface area (Å²) in [5.74, 6) is 1.21. The van der Waals surface area contributed by atoms with E-state index in [-0.39, 0.29) is 12.4 Å². The quantitative estimate of drug-likeness (QED) is 0.503. The molecule has 0 aliphatic heterocycles. The van der Waals surface area contributed by atoms with Gasteiger partial charge in [0.2, 0.25) is 0 Å². The van der Waals surface area contributed by atoms with Crippen LogP contribution in [0.5, 0.6) is 0 Å². The first-order valence-corrected chi connectivity index (χ1v) is 8.58. The van der Waals surface area contributed by atoms with Crippen molar-refractivity contribution in [3.05, 3.63) is 76.5 Å². The summed E-state index contributed by atoms with van der Waals surface area (Å²) in [6, 6.07) is 19.1. The Balaban J connectivity index is 0.00000169. The van der Waals surface area contributed by atoms with E-state index < -0.39 is 0 Å². The Bertz CT molecular complexity index is 973. The Morgan fingerprint density at radius 1 is 1.00 bits per heavy atom. The van der Waals surface area contributed by atoms with Gasteiger partial charge in [0.05, 0.1) is 10.7 Å². The monoisotopic (exact) mass is 355 g/mol. The first kappa shape index (κ1) is 16.7. The lowest BCUT2D eigenvalue weighted by molar-refractivity contribution is -0.669. The highest BCUT2D eigenvalue weighted by atomic mass is 35.5. The number of thiazole rings is 1. The van der Waals surface area contributed by atoms with Crippen LogP contribution >= 0.6 is 11.3 Å². The third kappa shape index (κ3) is 2.83. The number of para-hydroxylation sites is 3. The maximum absolute atomic E-state index is 4.62. The molecule has 0 saturated carbocycles. The lowest BCUT2D eigenvalue weighted by Crippen LogP contribution is -3.00. The van der Waals surface area contributed by atoms with Crippen LogP contribution < -0.4 is 17.0 Å². The summed E-state index contributed by atoms with van der Waals surface area (Å²) in [7, 11) is 0. The highest BCUT2D eigenvalue weighted by molar-refractivity contribution is 7.09. The van der Waals surface area contributed by atoms with E-state index in [4.69, 9.17) is 0 Å². The van der Waals surface area contributed by atoms with Crippen LogP contribution in [0.25, 0.3) is 16.7 Å². The molecule has 2 aromatic heterocycles. The zero-order chi connectivity index (χ0) is 15.8. The molecule has 2 aromatic carbocycles. The number of aryl methyl sites for hydroxylation is 1. The second-order valence-corrected chi connectivity index (χ2v) is 6.71. The average molecular weight is 356 g/mol. The van der Waals surface area contributed by atoms with Gasteiger partial charge in [0.15, 0.2) is 11.0 Å². The van der Waals surface area contributed by atoms with Crippen molar-refractivity contribution < 1.29 is 17.0 Å². The second kappa shape index (κ2) is 6.75. The van der Waals surface area contributed by atoms with Crippen molar-refractivity contribution in [1.82, 2.24) is 9.55 Å². The number of fused-ring (bicyclic) bond motifs is 1. The molecule has 0 aliphatic carbocycles. The van der Waals surface area contributed by atoms with E-state index in [1.807, 2.05) is 0 Å². The highest BCUT2D eigenvalue weighted by Gasteiger charge is 2.23. The van der Waals surface area contributed by atoms with Gasteiger partial charge in [-0.05, 0) is 31.2 Å². The predicted octanol–water partition coefficient (Wildman–Crippen LogP) is 1.04. The minimum atomic E-state index is 0. The molecule has 0 aliphatic rings. The van der Waals surface area contributed by atoms with Gasteiger partial charge in [-0.15, -0.1) is 11.3 Å². The normalized spacial score (nSPS) is 10.8. The second-order valence-electron chi connectivity index (χ2n) is 5.65. The molecule has 0 atom stereocenters. The number of aromatic nitrogens is 3. The maximum Gasteiger partial charge on any atom is 0.259 e. The summed E-state index contributed by atoms with van der Waals surface area (Å²) >= 11 is 1.71. The molecular weight excluding hydrogens is 338 g/mol. The van der Waals surface area contributed by atoms with Crippen molar-refractivity contribution in [2.24, 2.45) is 0 Å². The van der Waals surface area contributed by atoms with Gasteiger partial charge < -0.3 is 12.4 Å². The smallest absolute Gasteiger partial charge is 0.259 e. The summed E-state index contributed by atoms with van der Waals surface area (Å²) in [6.07, 6.45) is 0. The number of hydrogen-bond donors (Lipinski definition) is 0. The Labute approximate surface area is 151 Å². The van der Waals surface area contributed by atoms with Crippen LogP contribution in [0.15, 0.2) is 60.0 Å². The first-order valence-electron chi connectivity index (χ1n) is 7.70. The first-order chi connectivity index (χ1) is 11.2. The van der Waals surface area contributed by atoms with E-state index in [1.165, 1.54) is 22.5 Å². The Hall–Kier alpha value is -2.17. The van der Waals surface area contributed by atoms with Gasteiger partial charge in [-0.2, -0.15) is 4.57 Å². The zero-order valence-electron chi connectivity index (χ0n) is 13.6. The van der Waals surface area contributed by atoms with Crippen LogP contribution in [0.3, 0.4) is 0 Å². The van der Waals surface area contributed by atoms with Gasteiger partial charge in [-0.1, -0.05) is 30.3 Å². The van der Waals surface area contributed by atoms with Crippen LogP contribution in [0.1, 0.15) is 16.5 Å². The molecule has 0 spiro atoms. The summed E-state index contributed by atoms with van der Waals surface area (Å²) in [4.78, 5) is 4.62. The van der Waals surface area contributed by atoms with Gasteiger partial charge >= 0.3 is 0 Å². The molecule has 4 aromatic rings. The molecule has 0 saturated heterocycles. The summed E-state index contributed by atoms with van der Waals surface area (Å²) in [6.45, 7) is 5.03. The Kier molecular flexibility index (Phi) is 4.69. The van der Waals surface area contributed by atoms with Gasteiger partial charge in [0.25, 0.3) is 5.82 Å². The van der Waals surface area contributed by atoms with E-state index in [9.17, 15) is 0 Å². The SMILES string of the molecule is Cc1nc(C[n+]2c(C)n(-c3ccccc3)c3ccccc32)cs1.[Cl-]. The van der Waals surface area contributed by atoms with Gasteiger partial charge in [-0.25, -0.2) is 9.55 Å². The van der Waals surface area contributed by atoms with Gasteiger partial charge in [-0.3, -0.25) is 0 Å². The fraction of sp³-hybridized carbons (Fsp3) is 0.158. The highest BCUT2D eigenvalue weighted by Crippen LogP contribution is 2.20. The number of halogens is 1. The van der Waals surface area contributed by atoms with Crippen LogP contribution in [-0.2, 0) is 6.54 Å². The molecule has 0 N–H and O–H groups in total. The average Bonchev–Trinajstić information content (AvgIpc) is 3.11. The van der Waals surface area contributed by atoms with Crippen LogP contribution in [-0.4, -0.2) is 9.55 Å². The predicted molar refractivity (Wildman–Crippen MR) is 94.2 cm³/mol. The van der Waals surface area contributed by atoms with Crippen LogP contribution in [0, 0.1) is 13.8 Å². The summed E-state index contributed by atoms with van der Waals surface area (Å²) in [5.41, 5.74) is 4.77. The van der Waals surface area contributed by atoms with Crippen LogP contribution in [0.2, 0.25) is 0 Å². The molecule has 0 fully saturated rings. The molecule has 3 nitrogen and oxygen atoms in total. The van der Waals surface area contributed by atoms with Crippen molar-refractivity contribution in [3.63, 3.8) is 0 Å². The van der Waals surface area contributed by atoms with Crippen molar-refractivity contribution in [2.75, 3.05) is 0 Å². The Morgan fingerprint density at radius 3 is 2.42 bits per heavy atom. The number of imidazole rings is 1. The molecule has 24 heavy (non-hydrogen) atoms. The minimum absolute atomic E-state index is 0. The van der Waals surface area contributed by atoms with E-state index in [0.717, 1.165) is 17.2 Å². The van der Waals surface area contributed by atoms with Crippen molar-refractivity contribution >= 4 is 22.4 Å². The van der Waals surface area contributed by atoms with E-state index in [0.29, 0.717) is 0 Å². The van der Waals surface area contributed by atoms with E-state index in [1.54, 1.807) is 11.3 Å². The van der Waals surface area contributed by atoms with E-state index in [2.05, 4.69) is 87.9 Å². The molecule has 5 heteroatoms. The van der Waals surface area contributed by atoms with Crippen molar-refractivity contribution in [2.45, 2.75) is 20.4 Å². The molecular formula is C19H18ClN3S. The van der Waals surface area contributed by atoms with E-state index >= 15 is 0 Å². The third-order valence-corrected chi connectivity index (χ3v) is 4.95. The third-order valence-electron chi connectivity index (χ3n) is 4.13. The van der Waals surface area contributed by atoms with Crippen molar-refractivity contribution in [3.8, 4) is 5.69 Å². The molecule has 122 valence electrons. The maximum atomic E-state index is 4.62. The van der Waals surface area contributed by atoms with Crippen LogP contribution in [0.4, 0.5) is 0 Å². The fourth-order valence-corrected chi connectivity index (χ4v) is 3.70. The molecule has 2 heterocycles. The fourth-order valence-electron chi connectivity index (χ4n) is 3.10. The molecule has 0 radical (unpaired) electrons. The topological polar surface area (TPSA) is 21.7 Å².